The van der Waals surface area contributed by atoms with Crippen LogP contribution in [0.25, 0.3) is 0 Å². The summed E-state index contributed by atoms with van der Waals surface area (Å²) in [5.41, 5.74) is 0.275. The Morgan fingerprint density at radius 2 is 2.40 bits per heavy atom. The van der Waals surface area contributed by atoms with Gasteiger partial charge in [-0.05, 0) is 25.1 Å². The third-order valence-corrected chi connectivity index (χ3v) is 2.33. The van der Waals surface area contributed by atoms with E-state index in [1.807, 2.05) is 6.07 Å². The van der Waals surface area contributed by atoms with Gasteiger partial charge in [-0.1, -0.05) is 0 Å². The highest BCUT2D eigenvalue weighted by Crippen LogP contribution is 2.20. The zero-order valence-corrected chi connectivity index (χ0v) is 10.5. The molecule has 0 aliphatic rings. The molecular formula is C13H10FN3O3. The molecular weight excluding hydrogens is 265 g/mol. The second-order valence-electron chi connectivity index (χ2n) is 3.69. The molecule has 0 saturated heterocycles. The van der Waals surface area contributed by atoms with Gasteiger partial charge in [-0.25, -0.2) is 9.18 Å². The van der Waals surface area contributed by atoms with Gasteiger partial charge in [-0.2, -0.15) is 10.2 Å². The van der Waals surface area contributed by atoms with E-state index in [4.69, 9.17) is 14.4 Å². The van der Waals surface area contributed by atoms with Crippen molar-refractivity contribution in [2.45, 2.75) is 6.92 Å². The first kappa shape index (κ1) is 13.5. The fraction of sp³-hybridized carbons (Fsp3) is 0.154. The normalized spacial score (nSPS) is 9.85. The van der Waals surface area contributed by atoms with Crippen molar-refractivity contribution in [1.82, 2.24) is 4.98 Å². The summed E-state index contributed by atoms with van der Waals surface area (Å²) in [4.78, 5) is 15.2. The Morgan fingerprint density at radius 1 is 1.60 bits per heavy atom. The lowest BCUT2D eigenvalue weighted by atomic mass is 10.2. The Morgan fingerprint density at radius 3 is 3.05 bits per heavy atom. The molecule has 0 unspecified atom stereocenters. The third-order valence-electron chi connectivity index (χ3n) is 2.33. The Labute approximate surface area is 113 Å². The summed E-state index contributed by atoms with van der Waals surface area (Å²) < 4.78 is 23.4. The predicted molar refractivity (Wildman–Crippen MR) is 66.9 cm³/mol. The van der Waals surface area contributed by atoms with Crippen LogP contribution in [-0.2, 0) is 4.74 Å². The van der Waals surface area contributed by atoms with Crippen molar-refractivity contribution in [2.75, 3.05) is 11.9 Å². The quantitative estimate of drug-likeness (QED) is 0.863. The molecule has 0 amide bonds. The van der Waals surface area contributed by atoms with Crippen LogP contribution in [0.1, 0.15) is 23.0 Å². The highest BCUT2D eigenvalue weighted by molar-refractivity contribution is 5.87. The maximum Gasteiger partial charge on any atom is 0.360 e. The zero-order chi connectivity index (χ0) is 14.5. The first-order chi connectivity index (χ1) is 9.63. The predicted octanol–water partition coefficient (Wildman–Crippen LogP) is 2.61. The summed E-state index contributed by atoms with van der Waals surface area (Å²) in [7, 11) is 0. The lowest BCUT2D eigenvalue weighted by Gasteiger charge is -2.02. The Balaban J connectivity index is 2.15. The molecule has 0 aliphatic carbocycles. The van der Waals surface area contributed by atoms with Gasteiger partial charge in [0, 0.05) is 0 Å². The van der Waals surface area contributed by atoms with Crippen LogP contribution in [0.4, 0.5) is 16.1 Å². The number of rotatable bonds is 4. The fourth-order valence-electron chi connectivity index (χ4n) is 1.43. The van der Waals surface area contributed by atoms with Crippen molar-refractivity contribution in [2.24, 2.45) is 0 Å². The van der Waals surface area contributed by atoms with Crippen molar-refractivity contribution in [3.8, 4) is 6.07 Å². The number of anilines is 2. The molecule has 1 N–H and O–H groups in total. The smallest absolute Gasteiger partial charge is 0.360 e. The van der Waals surface area contributed by atoms with E-state index in [0.29, 0.717) is 0 Å². The number of hydrogen-bond acceptors (Lipinski definition) is 6. The maximum atomic E-state index is 13.6. The molecule has 102 valence electrons. The number of nitrogens with one attached hydrogen (secondary N) is 1. The number of nitriles is 1. The van der Waals surface area contributed by atoms with Crippen molar-refractivity contribution < 1.29 is 18.3 Å². The number of carbonyl (C=O) groups is 1. The van der Waals surface area contributed by atoms with Gasteiger partial charge < -0.3 is 14.5 Å². The highest BCUT2D eigenvalue weighted by Gasteiger charge is 2.14. The van der Waals surface area contributed by atoms with Gasteiger partial charge in [0.1, 0.15) is 12.1 Å². The number of hydrogen-bond donors (Lipinski definition) is 1. The van der Waals surface area contributed by atoms with Crippen LogP contribution in [0.3, 0.4) is 0 Å². The SMILES string of the molecule is CCOC(=O)c1coc(Nc2ccc(C#N)cc2F)n1. The van der Waals surface area contributed by atoms with Crippen molar-refractivity contribution in [1.29, 1.82) is 5.26 Å². The lowest BCUT2D eigenvalue weighted by Crippen LogP contribution is -2.05. The summed E-state index contributed by atoms with van der Waals surface area (Å²) >= 11 is 0. The van der Waals surface area contributed by atoms with E-state index in [1.165, 1.54) is 12.1 Å². The monoisotopic (exact) mass is 275 g/mol. The minimum atomic E-state index is -0.625. The summed E-state index contributed by atoms with van der Waals surface area (Å²) in [5, 5.41) is 11.2. The van der Waals surface area contributed by atoms with Crippen LogP contribution in [0, 0.1) is 17.1 Å². The topological polar surface area (TPSA) is 88.1 Å². The number of carbonyl (C=O) groups excluding carboxylic acids is 1. The first-order valence-electron chi connectivity index (χ1n) is 5.73. The van der Waals surface area contributed by atoms with Gasteiger partial charge >= 0.3 is 5.97 Å². The summed E-state index contributed by atoms with van der Waals surface area (Å²) in [6.45, 7) is 1.89. The first-order valence-corrected chi connectivity index (χ1v) is 5.73. The molecule has 2 aromatic rings. The van der Waals surface area contributed by atoms with Crippen LogP contribution in [0.2, 0.25) is 0 Å². The van der Waals surface area contributed by atoms with E-state index in [2.05, 4.69) is 10.3 Å². The van der Waals surface area contributed by atoms with Gasteiger partial charge in [0.2, 0.25) is 0 Å². The van der Waals surface area contributed by atoms with Gasteiger partial charge in [-0.15, -0.1) is 0 Å². The van der Waals surface area contributed by atoms with Crippen LogP contribution >= 0.6 is 0 Å². The molecule has 20 heavy (non-hydrogen) atoms. The number of nitrogens with zero attached hydrogens (tertiary/aromatic N) is 2. The van der Waals surface area contributed by atoms with Crippen molar-refractivity contribution in [3.05, 3.63) is 41.5 Å². The molecule has 1 aromatic heterocycles. The Kier molecular flexibility index (Phi) is 3.96. The molecule has 6 nitrogen and oxygen atoms in total. The molecule has 0 spiro atoms. The number of ether oxygens (including phenoxy) is 1. The standard InChI is InChI=1S/C13H10FN3O3/c1-2-19-12(18)11-7-20-13(17-11)16-10-4-3-8(6-15)5-9(10)14/h3-5,7H,2H2,1H3,(H,16,17). The van der Waals surface area contributed by atoms with Crippen LogP contribution < -0.4 is 5.32 Å². The van der Waals surface area contributed by atoms with Crippen LogP contribution in [0.15, 0.2) is 28.9 Å². The van der Waals surface area contributed by atoms with Gasteiger partial charge in [-0.3, -0.25) is 0 Å². The number of benzene rings is 1. The molecule has 0 radical (unpaired) electrons. The average molecular weight is 275 g/mol. The van der Waals surface area contributed by atoms with E-state index >= 15 is 0 Å². The van der Waals surface area contributed by atoms with Gasteiger partial charge in [0.15, 0.2) is 5.69 Å². The minimum Gasteiger partial charge on any atom is -0.461 e. The maximum absolute atomic E-state index is 13.6. The molecule has 0 aliphatic heterocycles. The molecule has 1 heterocycles. The summed E-state index contributed by atoms with van der Waals surface area (Å²) in [6, 6.07) is 5.68. The summed E-state index contributed by atoms with van der Waals surface area (Å²) in [6.07, 6.45) is 1.11. The minimum absolute atomic E-state index is 0.0107. The van der Waals surface area contributed by atoms with Gasteiger partial charge in [0.05, 0.1) is 23.9 Å². The molecule has 0 atom stereocenters. The largest absolute Gasteiger partial charge is 0.461 e. The molecule has 0 bridgehead atoms. The van der Waals surface area contributed by atoms with E-state index in [0.717, 1.165) is 12.3 Å². The van der Waals surface area contributed by atoms with E-state index in [9.17, 15) is 9.18 Å². The molecule has 7 heteroatoms. The third kappa shape index (κ3) is 2.92. The van der Waals surface area contributed by atoms with E-state index in [-0.39, 0.29) is 29.6 Å². The molecule has 0 fully saturated rings. The van der Waals surface area contributed by atoms with E-state index in [1.54, 1.807) is 6.92 Å². The van der Waals surface area contributed by atoms with Crippen LogP contribution in [-0.4, -0.2) is 17.6 Å². The Bertz CT molecular complexity index is 676. The van der Waals surface area contributed by atoms with Gasteiger partial charge in [0.25, 0.3) is 6.01 Å². The highest BCUT2D eigenvalue weighted by atomic mass is 19.1. The fourth-order valence-corrected chi connectivity index (χ4v) is 1.43. The second kappa shape index (κ2) is 5.84. The van der Waals surface area contributed by atoms with E-state index < -0.39 is 11.8 Å². The molecule has 1 aromatic carbocycles. The van der Waals surface area contributed by atoms with Crippen molar-refractivity contribution in [3.63, 3.8) is 0 Å². The lowest BCUT2D eigenvalue weighted by molar-refractivity contribution is 0.0519. The Hall–Kier alpha value is -2.88. The number of esters is 1. The average Bonchev–Trinajstić information content (AvgIpc) is 2.90. The van der Waals surface area contributed by atoms with Crippen molar-refractivity contribution >= 4 is 17.7 Å². The molecule has 2 rings (SSSR count). The number of aromatic nitrogens is 1. The molecule has 0 saturated carbocycles. The summed E-state index contributed by atoms with van der Waals surface area (Å²) in [5.74, 6) is -1.25. The second-order valence-corrected chi connectivity index (χ2v) is 3.69. The number of oxazole rings is 1. The number of halogens is 1. The zero-order valence-electron chi connectivity index (χ0n) is 10.5. The van der Waals surface area contributed by atoms with Crippen LogP contribution in [0.5, 0.6) is 0 Å².